The van der Waals surface area contributed by atoms with E-state index >= 15 is 0 Å². The van der Waals surface area contributed by atoms with Crippen LogP contribution in [0, 0.1) is 0 Å². The third-order valence-corrected chi connectivity index (χ3v) is 7.23. The van der Waals surface area contributed by atoms with Crippen molar-refractivity contribution in [3.8, 4) is 11.5 Å². The van der Waals surface area contributed by atoms with Gasteiger partial charge in [0.2, 0.25) is 5.91 Å². The van der Waals surface area contributed by atoms with Gasteiger partial charge in [-0.1, -0.05) is 0 Å². The number of amides is 1. The molecule has 3 rings (SSSR count). The van der Waals surface area contributed by atoms with E-state index in [1.54, 1.807) is 21.3 Å². The number of hydrogen-bond donors (Lipinski definition) is 2. The van der Waals surface area contributed by atoms with E-state index in [1.165, 1.54) is 5.56 Å². The molecule has 1 aromatic carbocycles. The van der Waals surface area contributed by atoms with E-state index in [0.717, 1.165) is 30.2 Å². The number of methoxy groups -OCH3 is 2. The SMILES string of the molecule is CN=C(NCCC(=O)NC1CCS(=O)(=O)C1)N1CCc2cc(OC)c(OC)cc2C1. The molecule has 0 aliphatic carbocycles. The molecule has 9 nitrogen and oxygen atoms in total. The van der Waals surface area contributed by atoms with E-state index < -0.39 is 9.84 Å². The Hall–Kier alpha value is -2.49. The molecule has 1 aromatic rings. The van der Waals surface area contributed by atoms with Crippen LogP contribution in [-0.4, -0.2) is 77.1 Å². The smallest absolute Gasteiger partial charge is 0.222 e. The minimum absolute atomic E-state index is 0.0370. The highest BCUT2D eigenvalue weighted by atomic mass is 32.2. The number of aliphatic imine (C=N–C) groups is 1. The summed E-state index contributed by atoms with van der Waals surface area (Å²) in [4.78, 5) is 18.6. The van der Waals surface area contributed by atoms with Gasteiger partial charge in [-0.2, -0.15) is 0 Å². The quantitative estimate of drug-likeness (QED) is 0.487. The minimum Gasteiger partial charge on any atom is -0.493 e. The standard InChI is InChI=1S/C20H30N4O5S/c1-21-20(22-7-4-19(25)23-16-6-9-30(26,27)13-16)24-8-5-14-10-17(28-2)18(29-3)11-15(14)12-24/h10-11,16H,4-9,12-13H2,1-3H3,(H,21,22)(H,23,25). The van der Waals surface area contributed by atoms with Crippen LogP contribution in [0.15, 0.2) is 17.1 Å². The number of nitrogens with zero attached hydrogens (tertiary/aromatic N) is 2. The molecule has 1 fully saturated rings. The van der Waals surface area contributed by atoms with Crippen molar-refractivity contribution < 1.29 is 22.7 Å². The fourth-order valence-corrected chi connectivity index (χ4v) is 5.57. The van der Waals surface area contributed by atoms with Gasteiger partial charge >= 0.3 is 0 Å². The second-order valence-corrected chi connectivity index (χ2v) is 9.77. The lowest BCUT2D eigenvalue weighted by atomic mass is 9.99. The summed E-state index contributed by atoms with van der Waals surface area (Å²) in [6.07, 6.45) is 1.60. The summed E-state index contributed by atoms with van der Waals surface area (Å²) in [5.41, 5.74) is 2.38. The molecule has 10 heteroatoms. The average Bonchev–Trinajstić information content (AvgIpc) is 3.07. The Morgan fingerprint density at radius 1 is 1.23 bits per heavy atom. The maximum Gasteiger partial charge on any atom is 0.222 e. The Kier molecular flexibility index (Phi) is 7.06. The highest BCUT2D eigenvalue weighted by Gasteiger charge is 2.28. The van der Waals surface area contributed by atoms with Gasteiger partial charge in [0.25, 0.3) is 0 Å². The Bertz CT molecular complexity index is 916. The molecule has 30 heavy (non-hydrogen) atoms. The molecule has 166 valence electrons. The lowest BCUT2D eigenvalue weighted by Gasteiger charge is -2.32. The summed E-state index contributed by atoms with van der Waals surface area (Å²) in [6, 6.07) is 3.75. The number of sulfone groups is 1. The number of carbonyl (C=O) groups excluding carboxylic acids is 1. The van der Waals surface area contributed by atoms with Crippen molar-refractivity contribution in [3.63, 3.8) is 0 Å². The van der Waals surface area contributed by atoms with Crippen molar-refractivity contribution in [1.29, 1.82) is 0 Å². The average molecular weight is 439 g/mol. The molecule has 2 N–H and O–H groups in total. The molecule has 2 aliphatic heterocycles. The summed E-state index contributed by atoms with van der Waals surface area (Å²) in [5, 5.41) is 6.04. The summed E-state index contributed by atoms with van der Waals surface area (Å²) in [5.74, 6) is 2.19. The van der Waals surface area contributed by atoms with Crippen LogP contribution in [0.1, 0.15) is 24.0 Å². The minimum atomic E-state index is -3.00. The summed E-state index contributed by atoms with van der Waals surface area (Å²) in [7, 11) is 1.97. The zero-order valence-electron chi connectivity index (χ0n) is 17.7. The van der Waals surface area contributed by atoms with E-state index in [-0.39, 0.29) is 29.9 Å². The van der Waals surface area contributed by atoms with Crippen LogP contribution >= 0.6 is 0 Å². The van der Waals surface area contributed by atoms with E-state index in [1.807, 2.05) is 12.1 Å². The number of hydrogen-bond acceptors (Lipinski definition) is 6. The van der Waals surface area contributed by atoms with Gasteiger partial charge < -0.3 is 25.0 Å². The summed E-state index contributed by atoms with van der Waals surface area (Å²) < 4.78 is 33.8. The van der Waals surface area contributed by atoms with Crippen LogP contribution in [0.4, 0.5) is 0 Å². The molecule has 0 saturated carbocycles. The van der Waals surface area contributed by atoms with Crippen LogP contribution in [0.2, 0.25) is 0 Å². The molecule has 1 atom stereocenters. The monoisotopic (exact) mass is 438 g/mol. The molecule has 1 saturated heterocycles. The van der Waals surface area contributed by atoms with E-state index in [4.69, 9.17) is 9.47 Å². The zero-order valence-corrected chi connectivity index (χ0v) is 18.5. The Labute approximate surface area is 177 Å². The molecule has 1 amide bonds. The predicted octanol–water partition coefficient (Wildman–Crippen LogP) is 0.331. The molecule has 0 spiro atoms. The molecule has 0 aromatic heterocycles. The second-order valence-electron chi connectivity index (χ2n) is 7.54. The lowest BCUT2D eigenvalue weighted by molar-refractivity contribution is -0.121. The fraction of sp³-hybridized carbons (Fsp3) is 0.600. The van der Waals surface area contributed by atoms with Crippen molar-refractivity contribution in [3.05, 3.63) is 23.3 Å². The largest absolute Gasteiger partial charge is 0.493 e. The van der Waals surface area contributed by atoms with Gasteiger partial charge in [0, 0.05) is 39.1 Å². The zero-order chi connectivity index (χ0) is 21.7. The van der Waals surface area contributed by atoms with E-state index in [9.17, 15) is 13.2 Å². The number of guanidine groups is 1. The van der Waals surface area contributed by atoms with Crippen molar-refractivity contribution in [2.45, 2.75) is 31.8 Å². The van der Waals surface area contributed by atoms with E-state index in [0.29, 0.717) is 25.3 Å². The van der Waals surface area contributed by atoms with Crippen molar-refractivity contribution in [2.75, 3.05) is 45.9 Å². The van der Waals surface area contributed by atoms with Crippen molar-refractivity contribution in [2.24, 2.45) is 4.99 Å². The molecule has 1 unspecified atom stereocenters. The molecule has 2 aliphatic rings. The van der Waals surface area contributed by atoms with Crippen molar-refractivity contribution >= 4 is 21.7 Å². The lowest BCUT2D eigenvalue weighted by Crippen LogP contribution is -2.45. The first kappa shape index (κ1) is 22.2. The topological polar surface area (TPSA) is 109 Å². The first-order valence-corrected chi connectivity index (χ1v) is 11.9. The highest BCUT2D eigenvalue weighted by molar-refractivity contribution is 7.91. The Balaban J connectivity index is 1.52. The number of nitrogens with one attached hydrogen (secondary N) is 2. The Morgan fingerprint density at radius 3 is 2.53 bits per heavy atom. The van der Waals surface area contributed by atoms with Gasteiger partial charge in [0.15, 0.2) is 27.3 Å². The van der Waals surface area contributed by atoms with Crippen LogP contribution in [0.25, 0.3) is 0 Å². The first-order valence-electron chi connectivity index (χ1n) is 10.0. The predicted molar refractivity (Wildman–Crippen MR) is 115 cm³/mol. The maximum atomic E-state index is 12.1. The third kappa shape index (κ3) is 5.35. The summed E-state index contributed by atoms with van der Waals surface area (Å²) in [6.45, 7) is 1.91. The normalized spacial score (nSPS) is 20.4. The van der Waals surface area contributed by atoms with E-state index in [2.05, 4.69) is 20.5 Å². The van der Waals surface area contributed by atoms with Gasteiger partial charge in [-0.05, 0) is 36.1 Å². The van der Waals surface area contributed by atoms with Crippen LogP contribution in [-0.2, 0) is 27.6 Å². The number of fused-ring (bicyclic) bond motifs is 1. The number of ether oxygens (including phenoxy) is 2. The van der Waals surface area contributed by atoms with Crippen LogP contribution < -0.4 is 20.1 Å². The van der Waals surface area contributed by atoms with Crippen molar-refractivity contribution in [1.82, 2.24) is 15.5 Å². The van der Waals surface area contributed by atoms with Gasteiger partial charge in [-0.25, -0.2) is 8.42 Å². The van der Waals surface area contributed by atoms with Crippen LogP contribution in [0.3, 0.4) is 0 Å². The van der Waals surface area contributed by atoms with Gasteiger partial charge in [0.05, 0.1) is 25.7 Å². The van der Waals surface area contributed by atoms with Gasteiger partial charge in [0.1, 0.15) is 0 Å². The summed E-state index contributed by atoms with van der Waals surface area (Å²) >= 11 is 0. The van der Waals surface area contributed by atoms with Gasteiger partial charge in [-0.15, -0.1) is 0 Å². The first-order chi connectivity index (χ1) is 14.3. The molecule has 2 heterocycles. The molecular formula is C20H30N4O5S. The third-order valence-electron chi connectivity index (χ3n) is 5.46. The molecular weight excluding hydrogens is 408 g/mol. The molecule has 0 bridgehead atoms. The fourth-order valence-electron chi connectivity index (χ4n) is 3.89. The maximum absolute atomic E-state index is 12.1. The number of rotatable bonds is 6. The second kappa shape index (κ2) is 9.55. The van der Waals surface area contributed by atoms with Gasteiger partial charge in [-0.3, -0.25) is 9.79 Å². The Morgan fingerprint density at radius 2 is 1.93 bits per heavy atom. The molecule has 0 radical (unpaired) electrons. The highest BCUT2D eigenvalue weighted by Crippen LogP contribution is 2.33. The van der Waals surface area contributed by atoms with Crippen LogP contribution in [0.5, 0.6) is 11.5 Å². The number of carbonyl (C=O) groups is 1. The number of benzene rings is 1.